The van der Waals surface area contributed by atoms with E-state index in [0.29, 0.717) is 30.3 Å². The number of amides is 1. The summed E-state index contributed by atoms with van der Waals surface area (Å²) in [5.41, 5.74) is 0.981. The minimum atomic E-state index is -3.70. The first-order valence-corrected chi connectivity index (χ1v) is 12.5. The highest BCUT2D eigenvalue weighted by atomic mass is 32.2. The lowest BCUT2D eigenvalue weighted by Gasteiger charge is -2.21. The second-order valence-electron chi connectivity index (χ2n) is 7.99. The van der Waals surface area contributed by atoms with Gasteiger partial charge in [-0.3, -0.25) is 4.79 Å². The van der Waals surface area contributed by atoms with E-state index in [2.05, 4.69) is 5.32 Å². The normalized spacial score (nSPS) is 15.9. The quantitative estimate of drug-likeness (QED) is 0.623. The van der Waals surface area contributed by atoms with E-state index in [4.69, 9.17) is 14.2 Å². The van der Waals surface area contributed by atoms with Crippen molar-refractivity contribution in [3.8, 4) is 17.2 Å². The fourth-order valence-corrected chi connectivity index (χ4v) is 5.48. The third kappa shape index (κ3) is 5.59. The van der Waals surface area contributed by atoms with Crippen LogP contribution < -0.4 is 19.5 Å². The Labute approximate surface area is 195 Å². The number of sulfonamides is 1. The van der Waals surface area contributed by atoms with Crippen LogP contribution in [0.2, 0.25) is 0 Å². The summed E-state index contributed by atoms with van der Waals surface area (Å²) in [5, 5.41) is 2.92. The molecule has 3 rings (SSSR count). The topological polar surface area (TPSA) is 94.2 Å². The number of methoxy groups -OCH3 is 3. The van der Waals surface area contributed by atoms with Crippen molar-refractivity contribution >= 4 is 15.9 Å². The van der Waals surface area contributed by atoms with Gasteiger partial charge in [0.05, 0.1) is 37.8 Å². The van der Waals surface area contributed by atoms with Crippen LogP contribution in [0, 0.1) is 0 Å². The van der Waals surface area contributed by atoms with E-state index in [1.54, 1.807) is 26.4 Å². The van der Waals surface area contributed by atoms with E-state index < -0.39 is 15.9 Å². The SMILES string of the molecule is COc1ccc(C(C)NC(=O)c2cc(S(=O)(=O)N3CCCCCC3)ccc2OC)cc1OC. The maximum absolute atomic E-state index is 13.2. The number of carbonyl (C=O) groups is 1. The molecule has 1 N–H and O–H groups in total. The summed E-state index contributed by atoms with van der Waals surface area (Å²) in [7, 11) is 0.860. The second kappa shape index (κ2) is 10.9. The zero-order valence-corrected chi connectivity index (χ0v) is 20.4. The molecule has 9 heteroatoms. The molecule has 1 saturated heterocycles. The van der Waals surface area contributed by atoms with Crippen LogP contribution in [0.3, 0.4) is 0 Å². The summed E-state index contributed by atoms with van der Waals surface area (Å²) in [6.07, 6.45) is 3.73. The average molecular weight is 477 g/mol. The molecule has 1 fully saturated rings. The Morgan fingerprint density at radius 3 is 2.09 bits per heavy atom. The van der Waals surface area contributed by atoms with E-state index in [9.17, 15) is 13.2 Å². The van der Waals surface area contributed by atoms with Crippen LogP contribution in [0.25, 0.3) is 0 Å². The highest BCUT2D eigenvalue weighted by Gasteiger charge is 2.27. The number of nitrogens with zero attached hydrogens (tertiary/aromatic N) is 1. The first kappa shape index (κ1) is 24.9. The molecule has 33 heavy (non-hydrogen) atoms. The summed E-state index contributed by atoms with van der Waals surface area (Å²) >= 11 is 0. The van der Waals surface area contributed by atoms with Gasteiger partial charge in [-0.2, -0.15) is 4.31 Å². The molecule has 1 amide bonds. The average Bonchev–Trinajstić information content (AvgIpc) is 3.13. The Kier molecular flexibility index (Phi) is 8.20. The fourth-order valence-electron chi connectivity index (χ4n) is 3.94. The number of ether oxygens (including phenoxy) is 3. The maximum Gasteiger partial charge on any atom is 0.255 e. The molecule has 2 aromatic carbocycles. The van der Waals surface area contributed by atoms with E-state index in [0.717, 1.165) is 31.2 Å². The van der Waals surface area contributed by atoms with Crippen molar-refractivity contribution in [3.05, 3.63) is 47.5 Å². The molecule has 0 radical (unpaired) electrons. The van der Waals surface area contributed by atoms with Gasteiger partial charge >= 0.3 is 0 Å². The van der Waals surface area contributed by atoms with Gasteiger partial charge in [0.15, 0.2) is 11.5 Å². The first-order valence-electron chi connectivity index (χ1n) is 11.0. The summed E-state index contributed by atoms with van der Waals surface area (Å²) in [4.78, 5) is 13.2. The van der Waals surface area contributed by atoms with Crippen molar-refractivity contribution in [2.75, 3.05) is 34.4 Å². The molecular weight excluding hydrogens is 444 g/mol. The number of benzene rings is 2. The highest BCUT2D eigenvalue weighted by molar-refractivity contribution is 7.89. The Balaban J connectivity index is 1.86. The zero-order valence-electron chi connectivity index (χ0n) is 19.6. The Morgan fingerprint density at radius 2 is 1.48 bits per heavy atom. The monoisotopic (exact) mass is 476 g/mol. The predicted octanol–water partition coefficient (Wildman–Crippen LogP) is 3.77. The van der Waals surface area contributed by atoms with Crippen LogP contribution in [0.15, 0.2) is 41.3 Å². The second-order valence-corrected chi connectivity index (χ2v) is 9.93. The lowest BCUT2D eigenvalue weighted by molar-refractivity contribution is 0.0936. The van der Waals surface area contributed by atoms with Gasteiger partial charge in [0, 0.05) is 13.1 Å². The molecule has 180 valence electrons. The van der Waals surface area contributed by atoms with Gasteiger partial charge in [0.1, 0.15) is 5.75 Å². The Bertz CT molecular complexity index is 1080. The molecule has 0 saturated carbocycles. The van der Waals surface area contributed by atoms with Crippen LogP contribution in [0.5, 0.6) is 17.2 Å². The standard InChI is InChI=1S/C24H32N2O6S/c1-17(18-9-11-22(31-3)23(15-18)32-4)25-24(27)20-16-19(10-12-21(20)30-2)33(28,29)26-13-7-5-6-8-14-26/h9-12,15-17H,5-8,13-14H2,1-4H3,(H,25,27). The molecule has 0 bridgehead atoms. The van der Waals surface area contributed by atoms with Gasteiger partial charge in [-0.15, -0.1) is 0 Å². The summed E-state index contributed by atoms with van der Waals surface area (Å²) in [5.74, 6) is 1.02. The van der Waals surface area contributed by atoms with Crippen molar-refractivity contribution < 1.29 is 27.4 Å². The molecule has 8 nitrogen and oxygen atoms in total. The summed E-state index contributed by atoms with van der Waals surface area (Å²) in [6, 6.07) is 9.45. The number of hydrogen-bond acceptors (Lipinski definition) is 6. The molecule has 0 aliphatic carbocycles. The number of hydrogen-bond donors (Lipinski definition) is 1. The van der Waals surface area contributed by atoms with Crippen molar-refractivity contribution in [2.45, 2.75) is 43.5 Å². The minimum absolute atomic E-state index is 0.0918. The maximum atomic E-state index is 13.2. The molecule has 2 aromatic rings. The Hall–Kier alpha value is -2.78. The van der Waals surface area contributed by atoms with E-state index in [-0.39, 0.29) is 16.5 Å². The highest BCUT2D eigenvalue weighted by Crippen LogP contribution is 2.31. The summed E-state index contributed by atoms with van der Waals surface area (Å²) in [6.45, 7) is 2.82. The lowest BCUT2D eigenvalue weighted by Crippen LogP contribution is -2.32. The molecule has 0 aromatic heterocycles. The molecule has 1 aliphatic rings. The number of nitrogens with one attached hydrogen (secondary N) is 1. The largest absolute Gasteiger partial charge is 0.496 e. The van der Waals surface area contributed by atoms with Crippen LogP contribution in [-0.2, 0) is 10.0 Å². The van der Waals surface area contributed by atoms with Gasteiger partial charge in [-0.05, 0) is 55.7 Å². The van der Waals surface area contributed by atoms with Crippen molar-refractivity contribution in [1.82, 2.24) is 9.62 Å². The van der Waals surface area contributed by atoms with Gasteiger partial charge in [-0.1, -0.05) is 18.9 Å². The number of carbonyl (C=O) groups excluding carboxylic acids is 1. The molecular formula is C24H32N2O6S. The van der Waals surface area contributed by atoms with Crippen LogP contribution in [-0.4, -0.2) is 53.0 Å². The first-order chi connectivity index (χ1) is 15.8. The van der Waals surface area contributed by atoms with Crippen LogP contribution >= 0.6 is 0 Å². The van der Waals surface area contributed by atoms with Gasteiger partial charge < -0.3 is 19.5 Å². The molecule has 1 atom stereocenters. The van der Waals surface area contributed by atoms with Crippen molar-refractivity contribution in [2.24, 2.45) is 0 Å². The molecule has 1 aliphatic heterocycles. The van der Waals surface area contributed by atoms with E-state index in [1.165, 1.54) is 29.6 Å². The third-order valence-electron chi connectivity index (χ3n) is 5.87. The molecule has 0 spiro atoms. The van der Waals surface area contributed by atoms with Crippen molar-refractivity contribution in [3.63, 3.8) is 0 Å². The van der Waals surface area contributed by atoms with Crippen molar-refractivity contribution in [1.29, 1.82) is 0 Å². The van der Waals surface area contributed by atoms with Crippen LogP contribution in [0.4, 0.5) is 0 Å². The van der Waals surface area contributed by atoms with E-state index in [1.807, 2.05) is 13.0 Å². The van der Waals surface area contributed by atoms with Crippen LogP contribution in [0.1, 0.15) is 54.6 Å². The fraction of sp³-hybridized carbons (Fsp3) is 0.458. The lowest BCUT2D eigenvalue weighted by atomic mass is 10.1. The minimum Gasteiger partial charge on any atom is -0.496 e. The van der Waals surface area contributed by atoms with E-state index >= 15 is 0 Å². The predicted molar refractivity (Wildman–Crippen MR) is 126 cm³/mol. The van der Waals surface area contributed by atoms with Gasteiger partial charge in [0.25, 0.3) is 5.91 Å². The summed E-state index contributed by atoms with van der Waals surface area (Å²) < 4.78 is 43.9. The van der Waals surface area contributed by atoms with Gasteiger partial charge in [-0.25, -0.2) is 8.42 Å². The third-order valence-corrected chi connectivity index (χ3v) is 7.77. The zero-order chi connectivity index (χ0) is 24.0. The molecule has 1 unspecified atom stereocenters. The number of rotatable bonds is 8. The smallest absolute Gasteiger partial charge is 0.255 e. The molecule has 1 heterocycles. The van der Waals surface area contributed by atoms with Gasteiger partial charge in [0.2, 0.25) is 10.0 Å². The Morgan fingerprint density at radius 1 is 0.879 bits per heavy atom.